The van der Waals surface area contributed by atoms with E-state index in [9.17, 15) is 4.79 Å². The van der Waals surface area contributed by atoms with Gasteiger partial charge >= 0.3 is 5.97 Å². The molecule has 0 radical (unpaired) electrons. The lowest BCUT2D eigenvalue weighted by atomic mass is 10.2. The molecule has 0 bridgehead atoms. The summed E-state index contributed by atoms with van der Waals surface area (Å²) in [6.45, 7) is 2.25. The van der Waals surface area contributed by atoms with Crippen molar-refractivity contribution in [3.05, 3.63) is 52.7 Å². The lowest BCUT2D eigenvalue weighted by Gasteiger charge is -2.09. The van der Waals surface area contributed by atoms with E-state index in [1.807, 2.05) is 18.2 Å². The van der Waals surface area contributed by atoms with E-state index in [1.165, 1.54) is 12.3 Å². The molecule has 6 heteroatoms. The number of benzene rings is 1. The Morgan fingerprint density at radius 3 is 2.86 bits per heavy atom. The van der Waals surface area contributed by atoms with Crippen LogP contribution in [0, 0.1) is 0 Å². The van der Waals surface area contributed by atoms with Crippen LogP contribution in [-0.4, -0.2) is 17.6 Å². The van der Waals surface area contributed by atoms with Crippen LogP contribution >= 0.6 is 11.6 Å². The molecule has 0 saturated carbocycles. The largest absolute Gasteiger partial charge is 0.473 e. The number of pyridine rings is 1. The van der Waals surface area contributed by atoms with Gasteiger partial charge in [0.05, 0.1) is 24.1 Å². The lowest BCUT2D eigenvalue weighted by molar-refractivity contribution is 0.0527. The van der Waals surface area contributed by atoms with Crippen molar-refractivity contribution in [1.29, 1.82) is 0 Å². The van der Waals surface area contributed by atoms with Crippen LogP contribution in [-0.2, 0) is 11.3 Å². The summed E-state index contributed by atoms with van der Waals surface area (Å²) in [4.78, 5) is 15.8. The number of anilines is 1. The Morgan fingerprint density at radius 1 is 1.38 bits per heavy atom. The van der Waals surface area contributed by atoms with Gasteiger partial charge in [0.1, 0.15) is 6.61 Å². The molecule has 21 heavy (non-hydrogen) atoms. The highest BCUT2D eigenvalue weighted by atomic mass is 35.5. The molecule has 0 aliphatic heterocycles. The van der Waals surface area contributed by atoms with Crippen LogP contribution in [0.4, 0.5) is 5.69 Å². The average molecular weight is 307 g/mol. The fraction of sp³-hybridized carbons (Fsp3) is 0.200. The van der Waals surface area contributed by atoms with Crippen LogP contribution in [0.2, 0.25) is 5.02 Å². The topological polar surface area (TPSA) is 74.4 Å². The summed E-state index contributed by atoms with van der Waals surface area (Å²) in [6, 6.07) is 8.80. The molecule has 2 N–H and O–H groups in total. The van der Waals surface area contributed by atoms with E-state index in [0.717, 1.165) is 5.56 Å². The first-order valence-corrected chi connectivity index (χ1v) is 6.78. The number of halogens is 1. The highest BCUT2D eigenvalue weighted by Gasteiger charge is 2.13. The Hall–Kier alpha value is -2.27. The summed E-state index contributed by atoms with van der Waals surface area (Å²) in [7, 11) is 0. The second-order valence-corrected chi connectivity index (χ2v) is 4.62. The van der Waals surface area contributed by atoms with Crippen molar-refractivity contribution < 1.29 is 14.3 Å². The monoisotopic (exact) mass is 306 g/mol. The summed E-state index contributed by atoms with van der Waals surface area (Å²) in [5, 5.41) is 0.610. The van der Waals surface area contributed by atoms with Crippen LogP contribution < -0.4 is 10.5 Å². The van der Waals surface area contributed by atoms with E-state index in [2.05, 4.69) is 4.98 Å². The first kappa shape index (κ1) is 15.1. The van der Waals surface area contributed by atoms with Crippen molar-refractivity contribution >= 4 is 23.3 Å². The van der Waals surface area contributed by atoms with Gasteiger partial charge in [0.15, 0.2) is 0 Å². The number of aromatic nitrogens is 1. The lowest BCUT2D eigenvalue weighted by Crippen LogP contribution is -2.09. The maximum Gasteiger partial charge on any atom is 0.340 e. The molecule has 110 valence electrons. The smallest absolute Gasteiger partial charge is 0.340 e. The SMILES string of the molecule is CCOC(=O)c1cc(OCc2ccccc2Cl)ncc1N. The molecule has 0 fully saturated rings. The van der Waals surface area contributed by atoms with Gasteiger partial charge in [0, 0.05) is 16.7 Å². The molecule has 0 atom stereocenters. The molecule has 0 saturated heterocycles. The molecule has 1 aromatic heterocycles. The summed E-state index contributed by atoms with van der Waals surface area (Å²) in [6.07, 6.45) is 1.37. The number of nitrogen functional groups attached to an aromatic ring is 1. The van der Waals surface area contributed by atoms with Crippen LogP contribution in [0.5, 0.6) is 5.88 Å². The summed E-state index contributed by atoms with van der Waals surface area (Å²) >= 11 is 6.04. The Labute approximate surface area is 127 Å². The number of rotatable bonds is 5. The zero-order valence-corrected chi connectivity index (χ0v) is 12.3. The van der Waals surface area contributed by atoms with Gasteiger partial charge in [-0.2, -0.15) is 0 Å². The fourth-order valence-corrected chi connectivity index (χ4v) is 1.87. The molecule has 2 aromatic rings. The van der Waals surface area contributed by atoms with Gasteiger partial charge in [-0.15, -0.1) is 0 Å². The molecule has 1 heterocycles. The summed E-state index contributed by atoms with van der Waals surface area (Å²) < 4.78 is 10.5. The number of esters is 1. The number of ether oxygens (including phenoxy) is 2. The maximum absolute atomic E-state index is 11.7. The molecule has 2 rings (SSSR count). The molecule has 5 nitrogen and oxygen atoms in total. The number of hydrogen-bond acceptors (Lipinski definition) is 5. The number of nitrogens with two attached hydrogens (primary N) is 1. The normalized spacial score (nSPS) is 10.2. The third-order valence-corrected chi connectivity index (χ3v) is 3.11. The zero-order valence-electron chi connectivity index (χ0n) is 11.5. The fourth-order valence-electron chi connectivity index (χ4n) is 1.68. The van der Waals surface area contributed by atoms with Gasteiger partial charge in [-0.1, -0.05) is 29.8 Å². The minimum absolute atomic E-state index is 0.237. The highest BCUT2D eigenvalue weighted by Crippen LogP contribution is 2.20. The highest BCUT2D eigenvalue weighted by molar-refractivity contribution is 6.31. The van der Waals surface area contributed by atoms with Crippen molar-refractivity contribution in [2.75, 3.05) is 12.3 Å². The minimum Gasteiger partial charge on any atom is -0.473 e. The maximum atomic E-state index is 11.7. The van der Waals surface area contributed by atoms with Crippen molar-refractivity contribution in [1.82, 2.24) is 4.98 Å². The Bertz CT molecular complexity index is 647. The van der Waals surface area contributed by atoms with Crippen molar-refractivity contribution in [2.45, 2.75) is 13.5 Å². The number of carbonyl (C=O) groups excluding carboxylic acids is 1. The van der Waals surface area contributed by atoms with E-state index in [1.54, 1.807) is 13.0 Å². The molecule has 0 amide bonds. The van der Waals surface area contributed by atoms with Crippen molar-refractivity contribution in [3.63, 3.8) is 0 Å². The third kappa shape index (κ3) is 3.86. The molecule has 0 spiro atoms. The zero-order chi connectivity index (χ0) is 15.2. The first-order valence-electron chi connectivity index (χ1n) is 6.40. The summed E-state index contributed by atoms with van der Waals surface area (Å²) in [5.74, 6) is -0.216. The molecular weight excluding hydrogens is 292 g/mol. The van der Waals surface area contributed by atoms with E-state index < -0.39 is 5.97 Å². The quantitative estimate of drug-likeness (QED) is 0.859. The van der Waals surface area contributed by atoms with E-state index in [0.29, 0.717) is 5.02 Å². The van der Waals surface area contributed by atoms with Gasteiger partial charge in [0.2, 0.25) is 5.88 Å². The molecule has 1 aromatic carbocycles. The van der Waals surface area contributed by atoms with E-state index >= 15 is 0 Å². The van der Waals surface area contributed by atoms with Crippen LogP contribution in [0.1, 0.15) is 22.8 Å². The van der Waals surface area contributed by atoms with Gasteiger partial charge in [0.25, 0.3) is 0 Å². The predicted molar refractivity (Wildman–Crippen MR) is 80.4 cm³/mol. The summed E-state index contributed by atoms with van der Waals surface area (Å²) in [5.41, 5.74) is 7.03. The second kappa shape index (κ2) is 6.95. The van der Waals surface area contributed by atoms with Gasteiger partial charge in [-0.3, -0.25) is 0 Å². The van der Waals surface area contributed by atoms with Crippen molar-refractivity contribution in [3.8, 4) is 5.88 Å². The first-order chi connectivity index (χ1) is 10.1. The third-order valence-electron chi connectivity index (χ3n) is 2.74. The number of carbonyl (C=O) groups is 1. The van der Waals surface area contributed by atoms with Crippen LogP contribution in [0.15, 0.2) is 36.5 Å². The minimum atomic E-state index is -0.500. The Kier molecular flexibility index (Phi) is 5.00. The number of nitrogens with zero attached hydrogens (tertiary/aromatic N) is 1. The second-order valence-electron chi connectivity index (χ2n) is 4.21. The predicted octanol–water partition coefficient (Wildman–Crippen LogP) is 3.07. The molecule has 0 aliphatic rings. The average Bonchev–Trinajstić information content (AvgIpc) is 2.48. The van der Waals surface area contributed by atoms with E-state index in [4.69, 9.17) is 26.8 Å². The van der Waals surface area contributed by atoms with Crippen molar-refractivity contribution in [2.24, 2.45) is 0 Å². The standard InChI is InChI=1S/C15H15ClN2O3/c1-2-20-15(19)11-7-14(18-8-13(11)17)21-9-10-5-3-4-6-12(10)16/h3-8H,2,9,17H2,1H3. The Balaban J connectivity index is 2.12. The number of hydrogen-bond donors (Lipinski definition) is 1. The molecule has 0 unspecified atom stereocenters. The van der Waals surface area contributed by atoms with E-state index in [-0.39, 0.29) is 30.3 Å². The van der Waals surface area contributed by atoms with Gasteiger partial charge in [-0.25, -0.2) is 9.78 Å². The molecular formula is C15H15ClN2O3. The van der Waals surface area contributed by atoms with Crippen LogP contribution in [0.25, 0.3) is 0 Å². The van der Waals surface area contributed by atoms with Gasteiger partial charge < -0.3 is 15.2 Å². The van der Waals surface area contributed by atoms with Crippen LogP contribution in [0.3, 0.4) is 0 Å². The van der Waals surface area contributed by atoms with Gasteiger partial charge in [-0.05, 0) is 13.0 Å². The molecule has 0 aliphatic carbocycles. The Morgan fingerprint density at radius 2 is 2.14 bits per heavy atom.